The fourth-order valence-electron chi connectivity index (χ4n) is 3.35. The second-order valence-corrected chi connectivity index (χ2v) is 10.2. The number of aryl methyl sites for hydroxylation is 1. The summed E-state index contributed by atoms with van der Waals surface area (Å²) < 4.78 is 26.6. The molecule has 0 unspecified atom stereocenters. The molecule has 6 nitrogen and oxygen atoms in total. The lowest BCUT2D eigenvalue weighted by atomic mass is 10.1. The van der Waals surface area contributed by atoms with Gasteiger partial charge in [-0.2, -0.15) is 0 Å². The van der Waals surface area contributed by atoms with Crippen molar-refractivity contribution < 1.29 is 18.0 Å². The third-order valence-corrected chi connectivity index (χ3v) is 7.10. The molecule has 2 aromatic rings. The topological polar surface area (TPSA) is 83.6 Å². The molecule has 0 saturated carbocycles. The van der Waals surface area contributed by atoms with E-state index in [1.54, 1.807) is 0 Å². The molecule has 8 heteroatoms. The Morgan fingerprint density at radius 1 is 1.17 bits per heavy atom. The van der Waals surface area contributed by atoms with Crippen LogP contribution in [0.5, 0.6) is 0 Å². The van der Waals surface area contributed by atoms with E-state index in [-0.39, 0.29) is 28.9 Å². The van der Waals surface area contributed by atoms with E-state index in [1.807, 2.05) is 37.3 Å². The van der Waals surface area contributed by atoms with Crippen LogP contribution in [-0.4, -0.2) is 32.5 Å². The zero-order valence-corrected chi connectivity index (χ0v) is 18.8. The summed E-state index contributed by atoms with van der Waals surface area (Å²) >= 11 is 3.35. The Morgan fingerprint density at radius 3 is 2.52 bits per heavy atom. The quantitative estimate of drug-likeness (QED) is 0.690. The average Bonchev–Trinajstić information content (AvgIpc) is 3.09. The predicted molar refractivity (Wildman–Crippen MR) is 116 cm³/mol. The molecule has 29 heavy (non-hydrogen) atoms. The molecular weight excluding hydrogens is 456 g/mol. The van der Waals surface area contributed by atoms with Crippen LogP contribution in [0.4, 0.5) is 5.69 Å². The highest BCUT2D eigenvalue weighted by Crippen LogP contribution is 2.38. The van der Waals surface area contributed by atoms with E-state index >= 15 is 0 Å². The third kappa shape index (κ3) is 5.05. The maximum atomic E-state index is 13.0. The minimum atomic E-state index is -3.74. The molecule has 2 aromatic carbocycles. The number of benzene rings is 2. The Bertz CT molecular complexity index is 1050. The number of nitrogens with one attached hydrogen (secondary N) is 1. The highest BCUT2D eigenvalue weighted by molar-refractivity contribution is 9.10. The first-order valence-electron chi connectivity index (χ1n) is 9.33. The summed E-state index contributed by atoms with van der Waals surface area (Å²) in [5, 5.41) is 2.76. The number of halogens is 1. The molecule has 0 bridgehead atoms. The first kappa shape index (κ1) is 21.5. The third-order valence-electron chi connectivity index (χ3n) is 4.92. The number of hydrogen-bond acceptors (Lipinski definition) is 4. The Labute approximate surface area is 179 Å². The van der Waals surface area contributed by atoms with Crippen LogP contribution in [-0.2, 0) is 32.4 Å². The number of anilines is 1. The molecule has 2 amide bonds. The fourth-order valence-corrected chi connectivity index (χ4v) is 5.53. The minimum absolute atomic E-state index is 0.0981. The van der Waals surface area contributed by atoms with Crippen LogP contribution in [0.15, 0.2) is 45.8 Å². The SMILES string of the molecule is CC(=O)N1CCc2cc(Br)cc(S(=O)(=O)CCC(=O)NCc3ccc(C)cc3)c21. The van der Waals surface area contributed by atoms with Crippen molar-refractivity contribution in [2.45, 2.75) is 38.1 Å². The van der Waals surface area contributed by atoms with Crippen LogP contribution in [0.3, 0.4) is 0 Å². The van der Waals surface area contributed by atoms with Gasteiger partial charge in [0.15, 0.2) is 9.84 Å². The van der Waals surface area contributed by atoms with Crippen molar-refractivity contribution >= 4 is 43.3 Å². The Kier molecular flexibility index (Phi) is 6.43. The Balaban J connectivity index is 1.71. The van der Waals surface area contributed by atoms with Crippen molar-refractivity contribution in [3.05, 3.63) is 57.6 Å². The number of fused-ring (bicyclic) bond motifs is 1. The molecule has 154 valence electrons. The summed E-state index contributed by atoms with van der Waals surface area (Å²) in [6, 6.07) is 11.1. The number of carbonyl (C=O) groups excluding carboxylic acids is 2. The number of carbonyl (C=O) groups is 2. The van der Waals surface area contributed by atoms with Gasteiger partial charge in [0, 0.05) is 30.9 Å². The normalized spacial score (nSPS) is 13.3. The van der Waals surface area contributed by atoms with Gasteiger partial charge in [-0.05, 0) is 36.6 Å². The van der Waals surface area contributed by atoms with Crippen molar-refractivity contribution in [2.75, 3.05) is 17.2 Å². The highest BCUT2D eigenvalue weighted by atomic mass is 79.9. The van der Waals surface area contributed by atoms with E-state index in [9.17, 15) is 18.0 Å². The molecule has 0 radical (unpaired) electrons. The number of nitrogens with zero attached hydrogens (tertiary/aromatic N) is 1. The largest absolute Gasteiger partial charge is 0.352 e. The van der Waals surface area contributed by atoms with Crippen molar-refractivity contribution in [1.82, 2.24) is 5.32 Å². The molecule has 1 aliphatic heterocycles. The average molecular weight is 479 g/mol. The lowest BCUT2D eigenvalue weighted by Gasteiger charge is -2.19. The van der Waals surface area contributed by atoms with E-state index in [4.69, 9.17) is 0 Å². The fraction of sp³-hybridized carbons (Fsp3) is 0.333. The predicted octanol–water partition coefficient (Wildman–Crippen LogP) is 3.15. The summed E-state index contributed by atoms with van der Waals surface area (Å²) in [4.78, 5) is 25.7. The van der Waals surface area contributed by atoms with Gasteiger partial charge in [-0.1, -0.05) is 45.8 Å². The zero-order chi connectivity index (χ0) is 21.2. The molecule has 1 aliphatic rings. The van der Waals surface area contributed by atoms with E-state index in [1.165, 1.54) is 17.9 Å². The maximum Gasteiger partial charge on any atom is 0.223 e. The number of hydrogen-bond donors (Lipinski definition) is 1. The molecule has 1 N–H and O–H groups in total. The molecular formula is C21H23BrN2O4S. The molecule has 0 aromatic heterocycles. The second kappa shape index (κ2) is 8.67. The van der Waals surface area contributed by atoms with Gasteiger partial charge in [-0.25, -0.2) is 8.42 Å². The van der Waals surface area contributed by atoms with Crippen molar-refractivity contribution in [2.24, 2.45) is 0 Å². The molecule has 3 rings (SSSR count). The van der Waals surface area contributed by atoms with Crippen LogP contribution in [0, 0.1) is 6.92 Å². The van der Waals surface area contributed by atoms with Crippen molar-refractivity contribution in [3.63, 3.8) is 0 Å². The van der Waals surface area contributed by atoms with Crippen LogP contribution >= 0.6 is 15.9 Å². The van der Waals surface area contributed by atoms with Crippen LogP contribution < -0.4 is 10.2 Å². The van der Waals surface area contributed by atoms with Crippen molar-refractivity contribution in [1.29, 1.82) is 0 Å². The van der Waals surface area contributed by atoms with Gasteiger partial charge in [0.1, 0.15) is 0 Å². The van der Waals surface area contributed by atoms with Gasteiger partial charge in [0.25, 0.3) is 0 Å². The number of rotatable bonds is 6. The maximum absolute atomic E-state index is 13.0. The number of amides is 2. The lowest BCUT2D eigenvalue weighted by Crippen LogP contribution is -2.28. The van der Waals surface area contributed by atoms with Gasteiger partial charge < -0.3 is 10.2 Å². The second-order valence-electron chi connectivity index (χ2n) is 7.16. The van der Waals surface area contributed by atoms with Crippen LogP contribution in [0.2, 0.25) is 0 Å². The lowest BCUT2D eigenvalue weighted by molar-refractivity contribution is -0.121. The van der Waals surface area contributed by atoms with E-state index in [0.717, 1.165) is 16.7 Å². The first-order valence-corrected chi connectivity index (χ1v) is 11.8. The smallest absolute Gasteiger partial charge is 0.223 e. The summed E-state index contributed by atoms with van der Waals surface area (Å²) in [6.45, 7) is 4.22. The molecule has 1 heterocycles. The number of sulfone groups is 1. The summed E-state index contributed by atoms with van der Waals surface area (Å²) in [6.07, 6.45) is 0.462. The van der Waals surface area contributed by atoms with Crippen molar-refractivity contribution in [3.8, 4) is 0 Å². The standard InChI is InChI=1S/C21H23BrN2O4S/c1-14-3-5-16(6-4-14)13-23-20(26)8-10-29(27,28)19-12-18(22)11-17-7-9-24(15(2)25)21(17)19/h3-6,11-12H,7-10,13H2,1-2H3,(H,23,26). The summed E-state index contributed by atoms with van der Waals surface area (Å²) in [7, 11) is -3.74. The van der Waals surface area contributed by atoms with Gasteiger partial charge in [0.05, 0.1) is 16.3 Å². The summed E-state index contributed by atoms with van der Waals surface area (Å²) in [5.41, 5.74) is 3.35. The Hall–Kier alpha value is -2.19. The highest BCUT2D eigenvalue weighted by Gasteiger charge is 2.31. The van der Waals surface area contributed by atoms with Gasteiger partial charge in [0.2, 0.25) is 11.8 Å². The van der Waals surface area contributed by atoms with E-state index in [0.29, 0.717) is 29.7 Å². The Morgan fingerprint density at radius 2 is 1.86 bits per heavy atom. The van der Waals surface area contributed by atoms with E-state index < -0.39 is 9.84 Å². The van der Waals surface area contributed by atoms with E-state index in [2.05, 4.69) is 21.2 Å². The molecule has 0 spiro atoms. The monoisotopic (exact) mass is 478 g/mol. The van der Waals surface area contributed by atoms with Crippen LogP contribution in [0.1, 0.15) is 30.0 Å². The van der Waals surface area contributed by atoms with Gasteiger partial charge >= 0.3 is 0 Å². The molecule has 0 fully saturated rings. The summed E-state index contributed by atoms with van der Waals surface area (Å²) in [5.74, 6) is -0.843. The zero-order valence-electron chi connectivity index (χ0n) is 16.4. The molecule has 0 saturated heterocycles. The van der Waals surface area contributed by atoms with Gasteiger partial charge in [-0.15, -0.1) is 0 Å². The van der Waals surface area contributed by atoms with Gasteiger partial charge in [-0.3, -0.25) is 9.59 Å². The first-order chi connectivity index (χ1) is 13.7. The molecule has 0 aliphatic carbocycles. The minimum Gasteiger partial charge on any atom is -0.352 e. The van der Waals surface area contributed by atoms with Crippen LogP contribution in [0.25, 0.3) is 0 Å². The molecule has 0 atom stereocenters.